The van der Waals surface area contributed by atoms with E-state index in [-0.39, 0.29) is 11.8 Å². The van der Waals surface area contributed by atoms with E-state index < -0.39 is 0 Å². The third-order valence-corrected chi connectivity index (χ3v) is 3.53. The van der Waals surface area contributed by atoms with Crippen LogP contribution in [0.25, 0.3) is 10.8 Å². The van der Waals surface area contributed by atoms with Gasteiger partial charge in [0.2, 0.25) is 0 Å². The van der Waals surface area contributed by atoms with Crippen molar-refractivity contribution in [2.75, 3.05) is 11.9 Å². The van der Waals surface area contributed by atoms with Crippen LogP contribution < -0.4 is 0 Å². The lowest BCUT2D eigenvalue weighted by molar-refractivity contribution is 0.0665. The lowest BCUT2D eigenvalue weighted by Gasteiger charge is -2.10. The van der Waals surface area contributed by atoms with E-state index in [1.54, 1.807) is 6.07 Å². The predicted octanol–water partition coefficient (Wildman–Crippen LogP) is 2.83. The van der Waals surface area contributed by atoms with E-state index in [0.717, 1.165) is 10.8 Å². The molecule has 0 atom stereocenters. The van der Waals surface area contributed by atoms with E-state index in [2.05, 4.69) is 15.9 Å². The fourth-order valence-electron chi connectivity index (χ4n) is 2.34. The Morgan fingerprint density at radius 3 is 2.56 bits per heavy atom. The van der Waals surface area contributed by atoms with E-state index in [0.29, 0.717) is 23.0 Å². The SMILES string of the molecule is O=C1c2ccc3ccccc3c2C(=O)N1CCBr. The molecule has 18 heavy (non-hydrogen) atoms. The van der Waals surface area contributed by atoms with Crippen LogP contribution in [0.3, 0.4) is 0 Å². The fraction of sp³-hybridized carbons (Fsp3) is 0.143. The van der Waals surface area contributed by atoms with Gasteiger partial charge in [0.05, 0.1) is 11.1 Å². The van der Waals surface area contributed by atoms with Crippen LogP contribution in [0.4, 0.5) is 0 Å². The topological polar surface area (TPSA) is 37.4 Å². The van der Waals surface area contributed by atoms with Gasteiger partial charge in [0.1, 0.15) is 0 Å². The van der Waals surface area contributed by atoms with Crippen LogP contribution in [0, 0.1) is 0 Å². The van der Waals surface area contributed by atoms with Crippen molar-refractivity contribution < 1.29 is 9.59 Å². The summed E-state index contributed by atoms with van der Waals surface area (Å²) < 4.78 is 0. The smallest absolute Gasteiger partial charge is 0.262 e. The molecule has 0 saturated carbocycles. The zero-order valence-corrected chi connectivity index (χ0v) is 11.1. The van der Waals surface area contributed by atoms with Gasteiger partial charge in [-0.2, -0.15) is 0 Å². The second-order valence-electron chi connectivity index (χ2n) is 4.16. The minimum absolute atomic E-state index is 0.189. The number of hydrogen-bond acceptors (Lipinski definition) is 2. The first-order valence-corrected chi connectivity index (χ1v) is 6.80. The van der Waals surface area contributed by atoms with Crippen molar-refractivity contribution >= 4 is 38.5 Å². The molecule has 1 heterocycles. The molecule has 0 bridgehead atoms. The first-order chi connectivity index (χ1) is 8.74. The number of rotatable bonds is 2. The van der Waals surface area contributed by atoms with Crippen LogP contribution in [-0.2, 0) is 0 Å². The number of benzene rings is 2. The van der Waals surface area contributed by atoms with Crippen LogP contribution in [0.5, 0.6) is 0 Å². The zero-order chi connectivity index (χ0) is 12.7. The molecule has 90 valence electrons. The highest BCUT2D eigenvalue weighted by atomic mass is 79.9. The monoisotopic (exact) mass is 303 g/mol. The van der Waals surface area contributed by atoms with Gasteiger partial charge in [-0.05, 0) is 16.8 Å². The van der Waals surface area contributed by atoms with Gasteiger partial charge in [0.15, 0.2) is 0 Å². The highest BCUT2D eigenvalue weighted by Gasteiger charge is 2.36. The summed E-state index contributed by atoms with van der Waals surface area (Å²) in [4.78, 5) is 25.7. The summed E-state index contributed by atoms with van der Waals surface area (Å²) in [6.45, 7) is 0.403. The van der Waals surface area contributed by atoms with Gasteiger partial charge in [-0.15, -0.1) is 0 Å². The van der Waals surface area contributed by atoms with Gasteiger partial charge in [0.25, 0.3) is 11.8 Å². The molecule has 0 unspecified atom stereocenters. The van der Waals surface area contributed by atoms with E-state index >= 15 is 0 Å². The molecular weight excluding hydrogens is 294 g/mol. The number of alkyl halides is 1. The second kappa shape index (κ2) is 4.21. The first-order valence-electron chi connectivity index (χ1n) is 5.68. The van der Waals surface area contributed by atoms with Gasteiger partial charge in [-0.1, -0.05) is 46.3 Å². The minimum Gasteiger partial charge on any atom is -0.273 e. The maximum Gasteiger partial charge on any atom is 0.262 e. The molecule has 0 fully saturated rings. The molecular formula is C14H10BrNO2. The molecule has 0 aliphatic carbocycles. The summed E-state index contributed by atoms with van der Waals surface area (Å²) in [6, 6.07) is 11.3. The third-order valence-electron chi connectivity index (χ3n) is 3.17. The molecule has 3 rings (SSSR count). The zero-order valence-electron chi connectivity index (χ0n) is 9.52. The number of hydrogen-bond donors (Lipinski definition) is 0. The molecule has 0 N–H and O–H groups in total. The van der Waals surface area contributed by atoms with Crippen molar-refractivity contribution in [1.82, 2.24) is 4.90 Å². The summed E-state index contributed by atoms with van der Waals surface area (Å²) in [6.07, 6.45) is 0. The van der Waals surface area contributed by atoms with Crippen molar-refractivity contribution in [3.05, 3.63) is 47.5 Å². The van der Waals surface area contributed by atoms with Gasteiger partial charge in [0, 0.05) is 11.9 Å². The Morgan fingerprint density at radius 1 is 1.00 bits per heavy atom. The summed E-state index contributed by atoms with van der Waals surface area (Å²) in [5.41, 5.74) is 1.05. The van der Waals surface area contributed by atoms with Crippen LogP contribution in [0.2, 0.25) is 0 Å². The quantitative estimate of drug-likeness (QED) is 0.632. The van der Waals surface area contributed by atoms with Gasteiger partial charge >= 0.3 is 0 Å². The highest BCUT2D eigenvalue weighted by Crippen LogP contribution is 2.30. The van der Waals surface area contributed by atoms with E-state index in [9.17, 15) is 9.59 Å². The molecule has 2 aromatic rings. The standard InChI is InChI=1S/C14H10BrNO2/c15-7-8-16-13(17)11-6-5-9-3-1-2-4-10(9)12(11)14(16)18/h1-6H,7-8H2. The number of nitrogens with zero attached hydrogens (tertiary/aromatic N) is 1. The number of halogens is 1. The van der Waals surface area contributed by atoms with Crippen molar-refractivity contribution in [2.24, 2.45) is 0 Å². The summed E-state index contributed by atoms with van der Waals surface area (Å²) in [7, 11) is 0. The lowest BCUT2D eigenvalue weighted by atomic mass is 10.0. The van der Waals surface area contributed by atoms with Crippen molar-refractivity contribution in [3.63, 3.8) is 0 Å². The maximum atomic E-state index is 12.3. The molecule has 0 aromatic heterocycles. The largest absolute Gasteiger partial charge is 0.273 e. The van der Waals surface area contributed by atoms with Gasteiger partial charge < -0.3 is 0 Å². The average Bonchev–Trinajstić information content (AvgIpc) is 2.64. The molecule has 3 nitrogen and oxygen atoms in total. The Kier molecular flexibility index (Phi) is 2.67. The first kappa shape index (κ1) is 11.4. The third kappa shape index (κ3) is 1.49. The number of amides is 2. The highest BCUT2D eigenvalue weighted by molar-refractivity contribution is 9.09. The van der Waals surface area contributed by atoms with Crippen molar-refractivity contribution in [2.45, 2.75) is 0 Å². The number of fused-ring (bicyclic) bond motifs is 3. The maximum absolute atomic E-state index is 12.3. The fourth-order valence-corrected chi connectivity index (χ4v) is 2.70. The molecule has 1 aliphatic heterocycles. The summed E-state index contributed by atoms with van der Waals surface area (Å²) in [5, 5.41) is 2.43. The van der Waals surface area contributed by atoms with E-state index in [1.807, 2.05) is 30.3 Å². The average molecular weight is 304 g/mol. The molecule has 0 spiro atoms. The molecule has 2 amide bonds. The lowest BCUT2D eigenvalue weighted by Crippen LogP contribution is -2.31. The molecule has 0 saturated heterocycles. The number of carbonyl (C=O) groups excluding carboxylic acids is 2. The minimum atomic E-state index is -0.194. The molecule has 0 radical (unpaired) electrons. The molecule has 1 aliphatic rings. The number of imide groups is 1. The van der Waals surface area contributed by atoms with Crippen molar-refractivity contribution in [1.29, 1.82) is 0 Å². The second-order valence-corrected chi connectivity index (χ2v) is 4.95. The van der Waals surface area contributed by atoms with E-state index in [1.165, 1.54) is 4.90 Å². The summed E-state index contributed by atoms with van der Waals surface area (Å²) >= 11 is 3.26. The molecule has 2 aromatic carbocycles. The Bertz CT molecular complexity index is 666. The van der Waals surface area contributed by atoms with Crippen LogP contribution >= 0.6 is 15.9 Å². The van der Waals surface area contributed by atoms with Gasteiger partial charge in [-0.25, -0.2) is 0 Å². The summed E-state index contributed by atoms with van der Waals surface area (Å²) in [5.74, 6) is -0.383. The normalized spacial score (nSPS) is 14.4. The Morgan fingerprint density at radius 2 is 1.78 bits per heavy atom. The van der Waals surface area contributed by atoms with Crippen LogP contribution in [0.1, 0.15) is 20.7 Å². The predicted molar refractivity (Wildman–Crippen MR) is 73.1 cm³/mol. The number of carbonyl (C=O) groups is 2. The Hall–Kier alpha value is -1.68. The molecule has 4 heteroatoms. The van der Waals surface area contributed by atoms with E-state index in [4.69, 9.17) is 0 Å². The van der Waals surface area contributed by atoms with Crippen LogP contribution in [-0.4, -0.2) is 28.6 Å². The van der Waals surface area contributed by atoms with Crippen molar-refractivity contribution in [3.8, 4) is 0 Å². The van der Waals surface area contributed by atoms with Crippen LogP contribution in [0.15, 0.2) is 36.4 Å². The Balaban J connectivity index is 2.26. The Labute approximate surface area is 113 Å². The van der Waals surface area contributed by atoms with Gasteiger partial charge in [-0.3, -0.25) is 14.5 Å².